The number of hydrogen-bond donors (Lipinski definition) is 2. The van der Waals surface area contributed by atoms with E-state index in [0.717, 1.165) is 5.69 Å². The Balaban J connectivity index is 2.35. The van der Waals surface area contributed by atoms with Gasteiger partial charge in [-0.15, -0.1) is 0 Å². The maximum Gasteiger partial charge on any atom is 0.234 e. The molecular weight excluding hydrogens is 226 g/mol. The highest BCUT2D eigenvalue weighted by Gasteiger charge is 2.12. The lowest BCUT2D eigenvalue weighted by molar-refractivity contribution is -0.121. The summed E-state index contributed by atoms with van der Waals surface area (Å²) in [7, 11) is 0. The van der Waals surface area contributed by atoms with Crippen LogP contribution in [0.4, 0.5) is 0 Å². The van der Waals surface area contributed by atoms with Crippen LogP contribution in [0.25, 0.3) is 0 Å². The van der Waals surface area contributed by atoms with Crippen molar-refractivity contribution in [1.29, 1.82) is 0 Å². The molecule has 0 fully saturated rings. The second-order valence-corrected chi connectivity index (χ2v) is 4.96. The fourth-order valence-electron chi connectivity index (χ4n) is 1.45. The number of aromatic nitrogens is 1. The highest BCUT2D eigenvalue weighted by atomic mass is 16.1. The van der Waals surface area contributed by atoms with Gasteiger partial charge < -0.3 is 10.6 Å². The smallest absolute Gasteiger partial charge is 0.234 e. The van der Waals surface area contributed by atoms with Crippen LogP contribution >= 0.6 is 0 Å². The fraction of sp³-hybridized carbons (Fsp3) is 0.571. The molecule has 0 radical (unpaired) electrons. The monoisotopic (exact) mass is 249 g/mol. The van der Waals surface area contributed by atoms with Gasteiger partial charge in [-0.25, -0.2) is 0 Å². The van der Waals surface area contributed by atoms with Gasteiger partial charge in [0.15, 0.2) is 0 Å². The van der Waals surface area contributed by atoms with Crippen LogP contribution in [0, 0.1) is 5.92 Å². The van der Waals surface area contributed by atoms with E-state index in [0.29, 0.717) is 12.5 Å². The Morgan fingerprint density at radius 3 is 2.56 bits per heavy atom. The van der Waals surface area contributed by atoms with Crippen LogP contribution in [0.5, 0.6) is 0 Å². The molecule has 0 aliphatic heterocycles. The summed E-state index contributed by atoms with van der Waals surface area (Å²) in [5, 5.41) is 6.13. The minimum Gasteiger partial charge on any atom is -0.352 e. The molecule has 1 rings (SSSR count). The Labute approximate surface area is 109 Å². The molecule has 2 atom stereocenters. The number of rotatable bonds is 6. The average Bonchev–Trinajstić information content (AvgIpc) is 2.36. The van der Waals surface area contributed by atoms with E-state index in [9.17, 15) is 4.79 Å². The van der Waals surface area contributed by atoms with Crippen LogP contribution in [0.3, 0.4) is 0 Å². The lowest BCUT2D eigenvalue weighted by Crippen LogP contribution is -2.41. The standard InChI is InChI=1S/C14H23N3O/c1-10(2)11(3)17-14(18)9-16-12(4)13-7-5-6-8-15-13/h5-8,10-12,16H,9H2,1-4H3,(H,17,18)/t11?,12-/m0/s1. The molecule has 0 aliphatic carbocycles. The SMILES string of the molecule is CC(C)C(C)NC(=O)CN[C@@H](C)c1ccccn1. The van der Waals surface area contributed by atoms with Gasteiger partial charge in [0, 0.05) is 18.3 Å². The lowest BCUT2D eigenvalue weighted by atomic mass is 10.1. The van der Waals surface area contributed by atoms with Crippen molar-refractivity contribution in [1.82, 2.24) is 15.6 Å². The normalized spacial score (nSPS) is 14.3. The second kappa shape index (κ2) is 7.11. The van der Waals surface area contributed by atoms with Crippen molar-refractivity contribution in [2.75, 3.05) is 6.54 Å². The van der Waals surface area contributed by atoms with E-state index in [-0.39, 0.29) is 18.0 Å². The summed E-state index contributed by atoms with van der Waals surface area (Å²) in [6.07, 6.45) is 1.76. The Kier molecular flexibility index (Phi) is 5.78. The topological polar surface area (TPSA) is 54.0 Å². The van der Waals surface area contributed by atoms with E-state index in [4.69, 9.17) is 0 Å². The molecule has 1 heterocycles. The van der Waals surface area contributed by atoms with E-state index >= 15 is 0 Å². The molecular formula is C14H23N3O. The summed E-state index contributed by atoms with van der Waals surface area (Å²) >= 11 is 0. The Hall–Kier alpha value is -1.42. The molecule has 4 heteroatoms. The summed E-state index contributed by atoms with van der Waals surface area (Å²) in [6.45, 7) is 8.52. The maximum atomic E-state index is 11.7. The summed E-state index contributed by atoms with van der Waals surface area (Å²) in [6, 6.07) is 6.05. The van der Waals surface area contributed by atoms with E-state index in [2.05, 4.69) is 29.5 Å². The largest absolute Gasteiger partial charge is 0.352 e. The zero-order valence-electron chi connectivity index (χ0n) is 11.6. The van der Waals surface area contributed by atoms with Crippen molar-refractivity contribution in [3.8, 4) is 0 Å². The predicted octanol–water partition coefficient (Wildman–Crippen LogP) is 1.89. The molecule has 0 bridgehead atoms. The molecule has 0 spiro atoms. The van der Waals surface area contributed by atoms with Crippen LogP contribution in [-0.2, 0) is 4.79 Å². The molecule has 0 saturated carbocycles. The Morgan fingerprint density at radius 1 is 1.28 bits per heavy atom. The van der Waals surface area contributed by atoms with Crippen LogP contribution < -0.4 is 10.6 Å². The first-order chi connectivity index (χ1) is 8.50. The molecule has 1 unspecified atom stereocenters. The predicted molar refractivity (Wildman–Crippen MR) is 73.1 cm³/mol. The van der Waals surface area contributed by atoms with E-state index in [1.165, 1.54) is 0 Å². The van der Waals surface area contributed by atoms with Gasteiger partial charge in [0.25, 0.3) is 0 Å². The van der Waals surface area contributed by atoms with Crippen LogP contribution in [0.15, 0.2) is 24.4 Å². The molecule has 4 nitrogen and oxygen atoms in total. The molecule has 0 aromatic carbocycles. The average molecular weight is 249 g/mol. The number of hydrogen-bond acceptors (Lipinski definition) is 3. The van der Waals surface area contributed by atoms with Gasteiger partial charge in [-0.1, -0.05) is 19.9 Å². The number of pyridine rings is 1. The minimum atomic E-state index is 0.0268. The zero-order valence-corrected chi connectivity index (χ0v) is 11.6. The van der Waals surface area contributed by atoms with Gasteiger partial charge >= 0.3 is 0 Å². The van der Waals surface area contributed by atoms with Gasteiger partial charge in [-0.05, 0) is 31.9 Å². The van der Waals surface area contributed by atoms with E-state index in [1.54, 1.807) is 6.20 Å². The molecule has 1 amide bonds. The molecule has 2 N–H and O–H groups in total. The van der Waals surface area contributed by atoms with Crippen molar-refractivity contribution in [2.24, 2.45) is 5.92 Å². The van der Waals surface area contributed by atoms with Crippen LogP contribution in [-0.4, -0.2) is 23.5 Å². The second-order valence-electron chi connectivity index (χ2n) is 4.96. The number of carbonyl (C=O) groups excluding carboxylic acids is 1. The van der Waals surface area contributed by atoms with Gasteiger partial charge in [0.1, 0.15) is 0 Å². The lowest BCUT2D eigenvalue weighted by Gasteiger charge is -2.19. The van der Waals surface area contributed by atoms with E-state index < -0.39 is 0 Å². The van der Waals surface area contributed by atoms with Crippen molar-refractivity contribution in [3.63, 3.8) is 0 Å². The third-order valence-corrected chi connectivity index (χ3v) is 3.09. The number of nitrogens with zero attached hydrogens (tertiary/aromatic N) is 1. The molecule has 0 saturated heterocycles. The molecule has 100 valence electrons. The summed E-state index contributed by atoms with van der Waals surface area (Å²) in [5.41, 5.74) is 0.946. The molecule has 1 aromatic heterocycles. The van der Waals surface area contributed by atoms with Crippen LogP contribution in [0.2, 0.25) is 0 Å². The van der Waals surface area contributed by atoms with Gasteiger partial charge in [-0.2, -0.15) is 0 Å². The molecule has 18 heavy (non-hydrogen) atoms. The first kappa shape index (κ1) is 14.6. The van der Waals surface area contributed by atoms with Gasteiger partial charge in [0.05, 0.1) is 12.2 Å². The minimum absolute atomic E-state index is 0.0268. The highest BCUT2D eigenvalue weighted by Crippen LogP contribution is 2.07. The summed E-state index contributed by atoms with van der Waals surface area (Å²) in [4.78, 5) is 16.0. The zero-order chi connectivity index (χ0) is 13.5. The molecule has 0 aliphatic rings. The maximum absolute atomic E-state index is 11.7. The quantitative estimate of drug-likeness (QED) is 0.809. The van der Waals surface area contributed by atoms with Crippen molar-refractivity contribution in [2.45, 2.75) is 39.8 Å². The summed E-state index contributed by atoms with van der Waals surface area (Å²) < 4.78 is 0. The third-order valence-electron chi connectivity index (χ3n) is 3.09. The first-order valence-corrected chi connectivity index (χ1v) is 6.44. The van der Waals surface area contributed by atoms with Gasteiger partial charge in [0.2, 0.25) is 5.91 Å². The number of amides is 1. The van der Waals surface area contributed by atoms with Gasteiger partial charge in [-0.3, -0.25) is 9.78 Å². The Morgan fingerprint density at radius 2 is 2.00 bits per heavy atom. The third kappa shape index (κ3) is 4.84. The van der Waals surface area contributed by atoms with E-state index in [1.807, 2.05) is 32.0 Å². The number of nitrogens with one attached hydrogen (secondary N) is 2. The summed E-state index contributed by atoms with van der Waals surface area (Å²) in [5.74, 6) is 0.473. The van der Waals surface area contributed by atoms with Crippen molar-refractivity contribution < 1.29 is 4.79 Å². The fourth-order valence-corrected chi connectivity index (χ4v) is 1.45. The molecule has 1 aromatic rings. The number of carbonyl (C=O) groups is 1. The van der Waals surface area contributed by atoms with Crippen molar-refractivity contribution >= 4 is 5.91 Å². The highest BCUT2D eigenvalue weighted by molar-refractivity contribution is 5.78. The first-order valence-electron chi connectivity index (χ1n) is 6.44. The van der Waals surface area contributed by atoms with Crippen molar-refractivity contribution in [3.05, 3.63) is 30.1 Å². The Bertz CT molecular complexity index is 365. The van der Waals surface area contributed by atoms with Crippen LogP contribution in [0.1, 0.15) is 39.4 Å².